The number of benzene rings is 1. The quantitative estimate of drug-likeness (QED) is 0.387. The van der Waals surface area contributed by atoms with Crippen molar-refractivity contribution in [3.05, 3.63) is 29.8 Å². The predicted octanol–water partition coefficient (Wildman–Crippen LogP) is 0.0689. The van der Waals surface area contributed by atoms with E-state index >= 15 is 0 Å². The standard InChI is InChI=1S/C10H17NO7P2/c12-10-3-1-9(2-4-10)5-6-11(7-19(13,14)15)8-20(16,17)18/h1-4,13-15H,5-8H2,(H2-,12,16,17,18)/p+1. The normalized spacial score (nSPS) is 12.9. The van der Waals surface area contributed by atoms with Crippen molar-refractivity contribution < 1.29 is 34.1 Å². The second kappa shape index (κ2) is 6.93. The molecule has 0 atom stereocenters. The molecule has 10 heteroatoms. The third-order valence-electron chi connectivity index (χ3n) is 2.43. The molecule has 0 bridgehead atoms. The lowest BCUT2D eigenvalue weighted by Gasteiger charge is -2.21. The van der Waals surface area contributed by atoms with Crippen LogP contribution in [0.5, 0.6) is 5.75 Å². The fraction of sp³-hybridized carbons (Fsp3) is 0.400. The number of rotatable bonds is 7. The lowest BCUT2D eigenvalue weighted by atomic mass is 10.1. The zero-order valence-corrected chi connectivity index (χ0v) is 12.4. The molecule has 0 saturated heterocycles. The number of hydrogen-bond acceptors (Lipinski definition) is 6. The fourth-order valence-corrected chi connectivity index (χ4v) is 3.36. The molecule has 6 N–H and O–H groups in total. The van der Waals surface area contributed by atoms with Gasteiger partial charge in [-0.05, 0) is 24.1 Å². The molecule has 0 amide bonds. The van der Waals surface area contributed by atoms with Crippen LogP contribution in [-0.2, 0) is 11.0 Å². The van der Waals surface area contributed by atoms with Gasteiger partial charge in [0.15, 0.2) is 6.29 Å². The summed E-state index contributed by atoms with van der Waals surface area (Å²) in [7, 11) is -8.51. The second-order valence-electron chi connectivity index (χ2n) is 4.45. The molecule has 0 aliphatic heterocycles. The Morgan fingerprint density at radius 3 is 2.10 bits per heavy atom. The summed E-state index contributed by atoms with van der Waals surface area (Å²) < 4.78 is 11.0. The van der Waals surface area contributed by atoms with Crippen molar-refractivity contribution in [1.82, 2.24) is 4.90 Å². The summed E-state index contributed by atoms with van der Waals surface area (Å²) in [5.74, 6) is 0.104. The van der Waals surface area contributed by atoms with Gasteiger partial charge in [-0.25, -0.2) is 0 Å². The molecule has 0 aliphatic rings. The number of phenolic OH excluding ortho intramolecular Hbond substituents is 1. The van der Waals surface area contributed by atoms with Crippen LogP contribution >= 0.6 is 15.5 Å². The van der Waals surface area contributed by atoms with E-state index in [1.54, 1.807) is 12.1 Å². The Balaban J connectivity index is 2.64. The minimum absolute atomic E-state index is 0.104. The van der Waals surface area contributed by atoms with E-state index in [0.717, 1.165) is 10.5 Å². The van der Waals surface area contributed by atoms with E-state index in [1.165, 1.54) is 12.1 Å². The average Bonchev–Trinajstić information content (AvgIpc) is 2.23. The van der Waals surface area contributed by atoms with Crippen molar-refractivity contribution in [3.8, 4) is 5.75 Å². The maximum atomic E-state index is 11.0. The Bertz CT molecular complexity index is 467. The molecule has 1 aromatic carbocycles. The number of nitrogens with zero attached hydrogens (tertiary/aromatic N) is 1. The van der Waals surface area contributed by atoms with Crippen LogP contribution in [0.25, 0.3) is 0 Å². The molecule has 114 valence electrons. The van der Waals surface area contributed by atoms with E-state index in [9.17, 15) is 4.57 Å². The lowest BCUT2D eigenvalue weighted by Crippen LogP contribution is -2.29. The van der Waals surface area contributed by atoms with Crippen LogP contribution in [0, 0.1) is 0 Å². The van der Waals surface area contributed by atoms with Crippen LogP contribution in [0.2, 0.25) is 0 Å². The first kappa shape index (κ1) is 17.5. The number of aromatic hydroxyl groups is 1. The Kier molecular flexibility index (Phi) is 6.06. The highest BCUT2D eigenvalue weighted by molar-refractivity contribution is 7.58. The second-order valence-corrected chi connectivity index (χ2v) is 7.73. The average molecular weight is 326 g/mol. The van der Waals surface area contributed by atoms with Gasteiger partial charge in [0.05, 0.1) is 0 Å². The molecule has 0 spiro atoms. The predicted molar refractivity (Wildman–Crippen MR) is 73.9 cm³/mol. The molecule has 0 fully saturated rings. The van der Waals surface area contributed by atoms with Crippen molar-refractivity contribution in [2.24, 2.45) is 0 Å². The fourth-order valence-electron chi connectivity index (χ4n) is 1.66. The summed E-state index contributed by atoms with van der Waals surface area (Å²) in [5.41, 5.74) is 0.802. The van der Waals surface area contributed by atoms with Crippen molar-refractivity contribution in [2.75, 3.05) is 19.1 Å². The first-order chi connectivity index (χ1) is 9.05. The Labute approximate surface area is 116 Å². The van der Waals surface area contributed by atoms with Gasteiger partial charge >= 0.3 is 15.5 Å². The third kappa shape index (κ3) is 7.89. The molecule has 0 saturated carbocycles. The van der Waals surface area contributed by atoms with Gasteiger partial charge in [0.25, 0.3) is 0 Å². The summed E-state index contributed by atoms with van der Waals surface area (Å²) in [6, 6.07) is 6.24. The highest BCUT2D eigenvalue weighted by atomic mass is 31.2. The Hall–Kier alpha value is -0.560. The van der Waals surface area contributed by atoms with Gasteiger partial charge in [-0.3, -0.25) is 9.46 Å². The third-order valence-corrected chi connectivity index (χ3v) is 3.97. The van der Waals surface area contributed by atoms with E-state index in [1.807, 2.05) is 0 Å². The smallest absolute Gasteiger partial charge is 0.419 e. The van der Waals surface area contributed by atoms with Crippen LogP contribution in [0.4, 0.5) is 0 Å². The molecule has 0 heterocycles. The summed E-state index contributed by atoms with van der Waals surface area (Å²) in [6.07, 6.45) is -0.898. The molecular formula is C10H18NO7P2+. The van der Waals surface area contributed by atoms with Gasteiger partial charge < -0.3 is 14.9 Å². The molecule has 1 rings (SSSR count). The topological polar surface area (TPSA) is 142 Å². The van der Waals surface area contributed by atoms with Gasteiger partial charge in [0, 0.05) is 6.54 Å². The van der Waals surface area contributed by atoms with Gasteiger partial charge in [-0.2, -0.15) is 14.7 Å². The van der Waals surface area contributed by atoms with Crippen molar-refractivity contribution in [3.63, 3.8) is 0 Å². The Morgan fingerprint density at radius 2 is 1.65 bits per heavy atom. The molecule has 0 radical (unpaired) electrons. The van der Waals surface area contributed by atoms with Gasteiger partial charge in [-0.1, -0.05) is 12.1 Å². The summed E-state index contributed by atoms with van der Waals surface area (Å²) in [4.78, 5) is 46.0. The minimum atomic E-state index is -4.37. The molecule has 1 aromatic rings. The van der Waals surface area contributed by atoms with E-state index in [4.69, 9.17) is 29.6 Å². The van der Waals surface area contributed by atoms with Crippen LogP contribution in [0.3, 0.4) is 0 Å². The van der Waals surface area contributed by atoms with E-state index in [-0.39, 0.29) is 12.3 Å². The van der Waals surface area contributed by atoms with Crippen molar-refractivity contribution >= 4 is 15.5 Å². The molecule has 0 unspecified atom stereocenters. The maximum Gasteiger partial charge on any atom is 0.419 e. The molecule has 20 heavy (non-hydrogen) atoms. The first-order valence-electron chi connectivity index (χ1n) is 5.66. The number of phenols is 1. The van der Waals surface area contributed by atoms with E-state index in [0.29, 0.717) is 6.42 Å². The summed E-state index contributed by atoms with van der Waals surface area (Å²) in [5, 5.41) is 9.13. The largest absolute Gasteiger partial charge is 0.508 e. The minimum Gasteiger partial charge on any atom is -0.508 e. The molecular weight excluding hydrogens is 308 g/mol. The van der Waals surface area contributed by atoms with Crippen LogP contribution in [-0.4, -0.2) is 53.6 Å². The zero-order chi connectivity index (χ0) is 15.4. The van der Waals surface area contributed by atoms with E-state index < -0.39 is 28.1 Å². The summed E-state index contributed by atoms with van der Waals surface area (Å²) >= 11 is 0. The van der Waals surface area contributed by atoms with Crippen molar-refractivity contribution in [2.45, 2.75) is 6.42 Å². The molecule has 0 aliphatic carbocycles. The van der Waals surface area contributed by atoms with Gasteiger partial charge in [-0.15, -0.1) is 0 Å². The number of hydrogen-bond donors (Lipinski definition) is 6. The monoisotopic (exact) mass is 326 g/mol. The molecule has 0 aromatic heterocycles. The van der Waals surface area contributed by atoms with Gasteiger partial charge in [0.2, 0.25) is 0 Å². The van der Waals surface area contributed by atoms with Crippen LogP contribution < -0.4 is 0 Å². The van der Waals surface area contributed by atoms with Crippen LogP contribution in [0.15, 0.2) is 24.3 Å². The SMILES string of the molecule is O=P(O)(O)CN(CCc1ccc(O)cc1)C[P+](O)(O)O. The van der Waals surface area contributed by atoms with Gasteiger partial charge in [0.1, 0.15) is 12.0 Å². The highest BCUT2D eigenvalue weighted by Crippen LogP contribution is 2.47. The molecule has 8 nitrogen and oxygen atoms in total. The highest BCUT2D eigenvalue weighted by Gasteiger charge is 2.35. The summed E-state index contributed by atoms with van der Waals surface area (Å²) in [6.45, 7) is 0.124. The maximum absolute atomic E-state index is 11.0. The zero-order valence-electron chi connectivity index (χ0n) is 10.6. The van der Waals surface area contributed by atoms with E-state index in [2.05, 4.69) is 0 Å². The Morgan fingerprint density at radius 1 is 1.10 bits per heavy atom. The first-order valence-corrected chi connectivity index (χ1v) is 9.29. The van der Waals surface area contributed by atoms with Crippen LogP contribution in [0.1, 0.15) is 5.56 Å². The van der Waals surface area contributed by atoms with Crippen molar-refractivity contribution in [1.29, 1.82) is 0 Å². The lowest BCUT2D eigenvalue weighted by molar-refractivity contribution is 0.261.